The van der Waals surface area contributed by atoms with Gasteiger partial charge in [0, 0.05) is 4.47 Å². The maximum Gasteiger partial charge on any atom is 0.336 e. The molecule has 0 aliphatic heterocycles. The lowest BCUT2D eigenvalue weighted by Gasteiger charge is -2.08. The molecule has 20 heavy (non-hydrogen) atoms. The Morgan fingerprint density at radius 2 is 1.75 bits per heavy atom. The van der Waals surface area contributed by atoms with Crippen LogP contribution in [0.1, 0.15) is 22.3 Å². The topological polar surface area (TPSA) is 37.3 Å². The number of rotatable bonds is 3. The zero-order chi connectivity index (χ0) is 14.7. The lowest BCUT2D eigenvalue weighted by molar-refractivity contribution is -0.130. The lowest BCUT2D eigenvalue weighted by atomic mass is 9.97. The highest BCUT2D eigenvalue weighted by Gasteiger charge is 2.12. The van der Waals surface area contributed by atoms with Crippen molar-refractivity contribution in [1.82, 2.24) is 0 Å². The molecule has 0 saturated heterocycles. The Labute approximate surface area is 126 Å². The van der Waals surface area contributed by atoms with Crippen LogP contribution in [0.3, 0.4) is 0 Å². The molecule has 0 spiro atoms. The number of hydrogen-bond acceptors (Lipinski definition) is 1. The van der Waals surface area contributed by atoms with Crippen molar-refractivity contribution >= 4 is 33.5 Å². The molecule has 0 fully saturated rings. The molecule has 0 aromatic heterocycles. The minimum Gasteiger partial charge on any atom is -0.478 e. The van der Waals surface area contributed by atoms with Crippen LogP contribution in [-0.4, -0.2) is 11.1 Å². The van der Waals surface area contributed by atoms with E-state index in [4.69, 9.17) is 0 Å². The van der Waals surface area contributed by atoms with Gasteiger partial charge in [0.15, 0.2) is 0 Å². The lowest BCUT2D eigenvalue weighted by Crippen LogP contribution is -2.01. The highest BCUT2D eigenvalue weighted by atomic mass is 79.9. The molecule has 0 bridgehead atoms. The first-order chi connectivity index (χ1) is 9.47. The van der Waals surface area contributed by atoms with Crippen LogP contribution in [0.2, 0.25) is 0 Å². The number of benzene rings is 2. The summed E-state index contributed by atoms with van der Waals surface area (Å²) >= 11 is 3.37. The molecule has 1 N–H and O–H groups in total. The average molecular weight is 331 g/mol. The SMILES string of the molecule is Cc1ccc(/C(=C/c2ccc(Br)cc2)C(=O)O)c(C)c1. The first-order valence-electron chi connectivity index (χ1n) is 6.25. The van der Waals surface area contributed by atoms with Crippen LogP contribution in [-0.2, 0) is 4.79 Å². The standard InChI is InChI=1S/C17H15BrO2/c1-11-3-8-15(12(2)9-11)16(17(19)20)10-13-4-6-14(18)7-5-13/h3-10H,1-2H3,(H,19,20)/b16-10-. The van der Waals surface area contributed by atoms with Crippen LogP contribution in [0.15, 0.2) is 46.9 Å². The third kappa shape index (κ3) is 3.36. The molecule has 0 aliphatic carbocycles. The number of hydrogen-bond donors (Lipinski definition) is 1. The fourth-order valence-corrected chi connectivity index (χ4v) is 2.36. The second-order valence-corrected chi connectivity index (χ2v) is 5.65. The van der Waals surface area contributed by atoms with Gasteiger partial charge in [-0.2, -0.15) is 0 Å². The predicted octanol–water partition coefficient (Wildman–Crippen LogP) is 4.69. The van der Waals surface area contributed by atoms with Gasteiger partial charge in [0.2, 0.25) is 0 Å². The van der Waals surface area contributed by atoms with E-state index in [9.17, 15) is 9.90 Å². The summed E-state index contributed by atoms with van der Waals surface area (Å²) in [5.41, 5.74) is 4.02. The molecular weight excluding hydrogens is 316 g/mol. The maximum atomic E-state index is 11.5. The van der Waals surface area contributed by atoms with Gasteiger partial charge in [-0.05, 0) is 48.7 Å². The molecule has 2 rings (SSSR count). The fraction of sp³-hybridized carbons (Fsp3) is 0.118. The van der Waals surface area contributed by atoms with Crippen LogP contribution >= 0.6 is 15.9 Å². The summed E-state index contributed by atoms with van der Waals surface area (Å²) in [6.45, 7) is 3.93. The van der Waals surface area contributed by atoms with E-state index < -0.39 is 5.97 Å². The molecule has 0 saturated carbocycles. The van der Waals surface area contributed by atoms with Crippen LogP contribution < -0.4 is 0 Å². The van der Waals surface area contributed by atoms with Crippen LogP contribution in [0.4, 0.5) is 0 Å². The Balaban J connectivity index is 2.51. The number of carboxylic acids is 1. The molecule has 0 radical (unpaired) electrons. The predicted molar refractivity (Wildman–Crippen MR) is 85.6 cm³/mol. The molecule has 2 aromatic carbocycles. The summed E-state index contributed by atoms with van der Waals surface area (Å²) in [4.78, 5) is 11.5. The summed E-state index contributed by atoms with van der Waals surface area (Å²) in [6, 6.07) is 13.4. The largest absolute Gasteiger partial charge is 0.478 e. The Morgan fingerprint density at radius 1 is 1.10 bits per heavy atom. The molecule has 2 nitrogen and oxygen atoms in total. The van der Waals surface area contributed by atoms with Gasteiger partial charge in [-0.3, -0.25) is 0 Å². The van der Waals surface area contributed by atoms with Crippen molar-refractivity contribution in [3.05, 3.63) is 69.2 Å². The van der Waals surface area contributed by atoms with Gasteiger partial charge < -0.3 is 5.11 Å². The highest BCUT2D eigenvalue weighted by Crippen LogP contribution is 2.23. The quantitative estimate of drug-likeness (QED) is 0.654. The van der Waals surface area contributed by atoms with E-state index in [1.54, 1.807) is 6.08 Å². The van der Waals surface area contributed by atoms with Crippen molar-refractivity contribution in [3.8, 4) is 0 Å². The summed E-state index contributed by atoms with van der Waals surface area (Å²) in [5, 5.41) is 9.46. The molecule has 102 valence electrons. The summed E-state index contributed by atoms with van der Waals surface area (Å²) in [7, 11) is 0. The van der Waals surface area contributed by atoms with Gasteiger partial charge in [-0.15, -0.1) is 0 Å². The third-order valence-corrected chi connectivity index (χ3v) is 3.61. The van der Waals surface area contributed by atoms with Gasteiger partial charge in [-0.25, -0.2) is 4.79 Å². The normalized spacial score (nSPS) is 11.4. The van der Waals surface area contributed by atoms with Crippen molar-refractivity contribution in [3.63, 3.8) is 0 Å². The summed E-state index contributed by atoms with van der Waals surface area (Å²) in [5.74, 6) is -0.917. The molecule has 0 unspecified atom stereocenters. The van der Waals surface area contributed by atoms with Gasteiger partial charge >= 0.3 is 5.97 Å². The summed E-state index contributed by atoms with van der Waals surface area (Å²) in [6.07, 6.45) is 1.70. The number of aryl methyl sites for hydroxylation is 2. The van der Waals surface area contributed by atoms with E-state index in [0.717, 1.165) is 26.7 Å². The second-order valence-electron chi connectivity index (χ2n) is 4.73. The Hall–Kier alpha value is -1.87. The molecule has 0 atom stereocenters. The molecule has 0 heterocycles. The molecule has 0 aliphatic rings. The van der Waals surface area contributed by atoms with Crippen molar-refractivity contribution in [1.29, 1.82) is 0 Å². The van der Waals surface area contributed by atoms with Crippen molar-refractivity contribution in [2.24, 2.45) is 0 Å². The molecular formula is C17H15BrO2. The van der Waals surface area contributed by atoms with Crippen LogP contribution in [0.25, 0.3) is 11.6 Å². The Bertz CT molecular complexity index is 670. The van der Waals surface area contributed by atoms with E-state index >= 15 is 0 Å². The van der Waals surface area contributed by atoms with Gasteiger partial charge in [-0.1, -0.05) is 51.8 Å². The smallest absolute Gasteiger partial charge is 0.336 e. The number of carboxylic acid groups (broad SMARTS) is 1. The molecule has 2 aromatic rings. The van der Waals surface area contributed by atoms with Gasteiger partial charge in [0.25, 0.3) is 0 Å². The van der Waals surface area contributed by atoms with E-state index in [-0.39, 0.29) is 0 Å². The minimum absolute atomic E-state index is 0.310. The zero-order valence-corrected chi connectivity index (χ0v) is 12.9. The van der Waals surface area contributed by atoms with E-state index in [1.807, 2.05) is 56.3 Å². The second kappa shape index (κ2) is 6.06. The maximum absolute atomic E-state index is 11.5. The minimum atomic E-state index is -0.917. The number of halogens is 1. The van der Waals surface area contributed by atoms with Crippen LogP contribution in [0.5, 0.6) is 0 Å². The first-order valence-corrected chi connectivity index (χ1v) is 7.05. The Morgan fingerprint density at radius 3 is 2.30 bits per heavy atom. The Kier molecular flexibility index (Phi) is 4.40. The molecule has 3 heteroatoms. The van der Waals surface area contributed by atoms with Gasteiger partial charge in [0.05, 0.1) is 5.57 Å². The van der Waals surface area contributed by atoms with Crippen molar-refractivity contribution in [2.75, 3.05) is 0 Å². The van der Waals surface area contributed by atoms with Crippen LogP contribution in [0, 0.1) is 13.8 Å². The fourth-order valence-electron chi connectivity index (χ4n) is 2.10. The average Bonchev–Trinajstić information content (AvgIpc) is 2.39. The van der Waals surface area contributed by atoms with E-state index in [0.29, 0.717) is 5.57 Å². The monoisotopic (exact) mass is 330 g/mol. The third-order valence-electron chi connectivity index (χ3n) is 3.08. The van der Waals surface area contributed by atoms with E-state index in [2.05, 4.69) is 15.9 Å². The highest BCUT2D eigenvalue weighted by molar-refractivity contribution is 9.10. The zero-order valence-electron chi connectivity index (χ0n) is 11.4. The molecule has 0 amide bonds. The number of carbonyl (C=O) groups is 1. The van der Waals surface area contributed by atoms with Gasteiger partial charge in [0.1, 0.15) is 0 Å². The first kappa shape index (κ1) is 14.5. The van der Waals surface area contributed by atoms with Crippen molar-refractivity contribution in [2.45, 2.75) is 13.8 Å². The van der Waals surface area contributed by atoms with E-state index in [1.165, 1.54) is 0 Å². The number of aliphatic carboxylic acids is 1. The summed E-state index contributed by atoms with van der Waals surface area (Å²) < 4.78 is 0.970. The van der Waals surface area contributed by atoms with Crippen molar-refractivity contribution < 1.29 is 9.90 Å².